The third-order valence-electron chi connectivity index (χ3n) is 19.0. The summed E-state index contributed by atoms with van der Waals surface area (Å²) in [5, 5.41) is 14.3. The first-order valence-corrected chi connectivity index (χ1v) is 50.0. The quantitative estimate of drug-likeness (QED) is 0.0452. The molecule has 3 aliphatic carbocycles. The molecule has 1 saturated heterocycles. The number of amides is 2. The molecule has 12 nitrogen and oxygen atoms in total. The number of carboxylic acid groups (broad SMARTS) is 1. The summed E-state index contributed by atoms with van der Waals surface area (Å²) < 4.78 is 165. The number of nitrogens with zero attached hydrogens (tertiary/aromatic N) is 3. The predicted octanol–water partition coefficient (Wildman–Crippen LogP) is 22.5. The van der Waals surface area contributed by atoms with Crippen molar-refractivity contribution < 1.29 is 81.7 Å². The van der Waals surface area contributed by atoms with Crippen LogP contribution in [0.4, 0.5) is 52.7 Å². The van der Waals surface area contributed by atoms with Gasteiger partial charge in [0.15, 0.2) is 0 Å². The standard InChI is InChI=1S/C24H23Cl2F3N2O.C22H19Cl2F3N2O.C20H17Cl2F3N2.C4H8O.C2HF3O2.CH2Cl2.CH2O.I2S6/c1-2-3-22(32)31-20-7-5-14-8-15(4-6-19(14)20)21-12-23(13-30-21,24(27,28)29)16-9-17(25)11-18(26)10-16;1-12(30)29-19-5-3-13-6-14(2-4-18(13)19)20-10-21(11-28-20,22(25,26)27)15-7-16(23)9-17(24)8-15;21-14-6-13(7-15(22)8-14)19(20(23,24)25)9-18(27-10-19)12-1-3-16-11(5-12)2-4-17(16)26;1-2-4-5-3-1;3-2(4,5)1(6)7;2-1-3;1-2;1-8(2)7-6-5-4-3/h4,6,8-11,20H,2-3,5,7,12-13H2,1H3,(H,31,32);2,4,6-9,19H,3,5,10-11H2,1H3,(H,29,30);1,3,5-8,17H,2,4,9-10,26H2;1-4H2;(H,6,7);1H2;1H2;. The Morgan fingerprint density at radius 1 is 0.570 bits per heavy atom. The Kier molecular flexibility index (Phi) is 39.3. The number of benzene rings is 6. The topological polar surface area (TPSA) is 185 Å². The summed E-state index contributed by atoms with van der Waals surface area (Å²) in [5.41, 5.74) is 9.36. The van der Waals surface area contributed by atoms with Gasteiger partial charge < -0.3 is 31.0 Å². The van der Waals surface area contributed by atoms with Gasteiger partial charge in [-0.15, -0.1) is 23.2 Å². The maximum Gasteiger partial charge on any atom is 0.490 e. The Morgan fingerprint density at radius 2 is 0.895 bits per heavy atom. The molecule has 624 valence electrons. The molecule has 6 atom stereocenters. The fourth-order valence-corrected chi connectivity index (χ4v) is 32.1. The van der Waals surface area contributed by atoms with Gasteiger partial charge in [-0.25, -0.2) is 4.79 Å². The molecule has 114 heavy (non-hydrogen) atoms. The Labute approximate surface area is 733 Å². The number of alkyl halides is 14. The molecule has 0 radical (unpaired) electrons. The second-order valence-corrected chi connectivity index (χ2v) is 52.1. The lowest BCUT2D eigenvalue weighted by molar-refractivity contribution is -0.192. The lowest BCUT2D eigenvalue weighted by Gasteiger charge is -2.31. The number of aliphatic carboxylic acids is 1. The predicted molar refractivity (Wildman–Crippen MR) is 464 cm³/mol. The van der Waals surface area contributed by atoms with Crippen LogP contribution in [0.5, 0.6) is 0 Å². The van der Waals surface area contributed by atoms with Gasteiger partial charge in [0.1, 0.15) is 23.0 Å². The first kappa shape index (κ1) is 99.5. The zero-order chi connectivity index (χ0) is 84.9. The van der Waals surface area contributed by atoms with Crippen molar-refractivity contribution in [3.63, 3.8) is 0 Å². The number of aryl methyl sites for hydroxylation is 3. The molecule has 1 fully saturated rings. The summed E-state index contributed by atoms with van der Waals surface area (Å²) in [6.45, 7) is 6.23. The van der Waals surface area contributed by atoms with E-state index in [1.165, 1.54) is 83.2 Å². The van der Waals surface area contributed by atoms with E-state index in [9.17, 15) is 62.3 Å². The number of carbonyl (C=O) groups excluding carboxylic acids is 3. The van der Waals surface area contributed by atoms with E-state index in [2.05, 4.69) is 79.2 Å². The highest BCUT2D eigenvalue weighted by molar-refractivity contribution is 14.3. The van der Waals surface area contributed by atoms with Crippen LogP contribution in [0.2, 0.25) is 30.1 Å². The lowest BCUT2D eigenvalue weighted by Crippen LogP contribution is -2.43. The smallest absolute Gasteiger partial charge is 0.475 e. The molecule has 6 aromatic carbocycles. The maximum atomic E-state index is 14.3. The molecule has 6 unspecified atom stereocenters. The van der Waals surface area contributed by atoms with E-state index in [1.807, 2.05) is 65.1 Å². The molecule has 0 spiro atoms. The number of aliphatic imine (C=N–C) groups is 3. The summed E-state index contributed by atoms with van der Waals surface area (Å²) in [4.78, 5) is 53.2. The highest BCUT2D eigenvalue weighted by atomic mass is 127. The summed E-state index contributed by atoms with van der Waals surface area (Å²) in [5.74, 6) is -2.84. The van der Waals surface area contributed by atoms with Gasteiger partial charge in [-0.3, -0.25) is 24.6 Å². The fraction of sp³-hybridized carbons (Fsp3) is 0.419. The van der Waals surface area contributed by atoms with Crippen LogP contribution >= 0.6 is 135 Å². The minimum Gasteiger partial charge on any atom is -0.475 e. The highest BCUT2D eigenvalue weighted by Crippen LogP contribution is 2.53. The van der Waals surface area contributed by atoms with Gasteiger partial charge >= 0.3 is 30.7 Å². The lowest BCUT2D eigenvalue weighted by atomic mass is 9.76. The molecular weight excluding hydrogens is 2030 g/mol. The average Bonchev–Trinajstić information content (AvgIpc) is 1.60. The number of rotatable bonds is 10. The Hall–Kier alpha value is -3.28. The van der Waals surface area contributed by atoms with Crippen molar-refractivity contribution in [3.8, 4) is 0 Å². The van der Waals surface area contributed by atoms with Gasteiger partial charge in [-0.1, -0.05) is 113 Å². The van der Waals surface area contributed by atoms with E-state index in [1.54, 1.807) is 29.9 Å². The maximum absolute atomic E-state index is 14.3. The van der Waals surface area contributed by atoms with Crippen LogP contribution in [-0.2, 0) is 110 Å². The zero-order valence-corrected chi connectivity index (χ0v) is 75.2. The molecule has 13 rings (SSSR count). The molecule has 0 bridgehead atoms. The van der Waals surface area contributed by atoms with Crippen molar-refractivity contribution in [2.75, 3.05) is 38.2 Å². The minimum atomic E-state index is -5.08. The van der Waals surface area contributed by atoms with Gasteiger partial charge in [0.2, 0.25) is 11.8 Å². The molecule has 2 amide bonds. The largest absolute Gasteiger partial charge is 0.490 e. The number of nitrogens with one attached hydrogen (secondary N) is 2. The van der Waals surface area contributed by atoms with Crippen molar-refractivity contribution in [1.82, 2.24) is 10.6 Å². The van der Waals surface area contributed by atoms with Crippen LogP contribution < -0.4 is 16.4 Å². The monoisotopic (exact) mass is 2090 g/mol. The summed E-state index contributed by atoms with van der Waals surface area (Å²) in [6, 6.07) is 29.0. The number of ether oxygens (including phenoxy) is 1. The van der Waals surface area contributed by atoms with Crippen LogP contribution in [0.1, 0.15) is 163 Å². The number of nitrogens with two attached hydrogens (primary N) is 1. The molecular formula is C74H72Cl8F12I2N6O6S6. The third kappa shape index (κ3) is 27.1. The van der Waals surface area contributed by atoms with Gasteiger partial charge in [0.05, 0.1) is 37.1 Å². The molecule has 6 aromatic rings. The van der Waals surface area contributed by atoms with E-state index in [0.29, 0.717) is 38.5 Å². The second-order valence-electron chi connectivity index (χ2n) is 26.3. The molecule has 0 aromatic heterocycles. The number of carbonyl (C=O) groups is 4. The minimum absolute atomic E-state index is 0.00225. The molecule has 4 aliphatic heterocycles. The van der Waals surface area contributed by atoms with Crippen molar-refractivity contribution in [2.45, 2.75) is 156 Å². The average molecular weight is 2100 g/mol. The molecule has 4 heterocycles. The van der Waals surface area contributed by atoms with E-state index < -0.39 is 60.0 Å². The van der Waals surface area contributed by atoms with Gasteiger partial charge in [0.25, 0.3) is 0 Å². The van der Waals surface area contributed by atoms with Crippen LogP contribution in [0.15, 0.2) is 124 Å². The van der Waals surface area contributed by atoms with E-state index in [0.717, 1.165) is 97.1 Å². The Morgan fingerprint density at radius 3 is 1.18 bits per heavy atom. The number of carboxylic acids is 1. The van der Waals surface area contributed by atoms with Gasteiger partial charge in [0, 0.05) is 145 Å². The van der Waals surface area contributed by atoms with Crippen molar-refractivity contribution in [2.24, 2.45) is 20.7 Å². The summed E-state index contributed by atoms with van der Waals surface area (Å²) in [7, 11) is 6.63. The fourth-order valence-electron chi connectivity index (χ4n) is 13.6. The Balaban J connectivity index is 0.000000231. The Bertz CT molecular complexity index is 4670. The summed E-state index contributed by atoms with van der Waals surface area (Å²) >= 11 is 54.9. The molecule has 0 saturated carbocycles. The first-order valence-electron chi connectivity index (χ1n) is 34.1. The number of fused-ring (bicyclic) bond motifs is 3. The van der Waals surface area contributed by atoms with Crippen molar-refractivity contribution in [3.05, 3.63) is 206 Å². The SMILES string of the molecule is C1CCOC1.C=O.CC(=O)NC1CCc2cc(C3=NCC(c4cc(Cl)cc(Cl)c4)(C(F)(F)F)C3)ccc21.CCCC(=O)NC1CCc2cc(C3=NCC(c4cc(Cl)cc(Cl)c4)(C(F)(F)F)C3)ccc21.ClCCl.NC1CCc2cc(C3=NCC(c4cc(Cl)cc(Cl)c4)(C(F)(F)F)C3)ccc21.O=C(O)C(F)(F)F.S=S=S=S=S=S(I)I. The highest BCUT2D eigenvalue weighted by Gasteiger charge is 2.61. The summed E-state index contributed by atoms with van der Waals surface area (Å²) in [6.07, 6.45) is -10.8. The second kappa shape index (κ2) is 45.0. The van der Waals surface area contributed by atoms with Crippen LogP contribution in [0.3, 0.4) is 0 Å². The van der Waals surface area contributed by atoms with E-state index in [4.69, 9.17) is 118 Å². The first-order chi connectivity index (χ1) is 53.5. The van der Waals surface area contributed by atoms with E-state index >= 15 is 0 Å². The number of halogens is 22. The molecule has 7 aliphatic rings. The number of hydrogen-bond acceptors (Lipinski definition) is 10. The molecule has 5 N–H and O–H groups in total. The van der Waals surface area contributed by atoms with E-state index in [-0.39, 0.29) is 108 Å². The van der Waals surface area contributed by atoms with Crippen LogP contribution in [-0.4, -0.2) is 110 Å². The zero-order valence-electron chi connectivity index (χ0n) is 59.9. The third-order valence-corrected chi connectivity index (χ3v) is 36.2. The van der Waals surface area contributed by atoms with Crippen molar-refractivity contribution in [1.29, 1.82) is 0 Å². The van der Waals surface area contributed by atoms with Crippen LogP contribution in [0.25, 0.3) is 0 Å². The van der Waals surface area contributed by atoms with Crippen molar-refractivity contribution >= 4 is 227 Å². The molecule has 40 heteroatoms. The van der Waals surface area contributed by atoms with Gasteiger partial charge in [-0.2, -0.15) is 52.7 Å². The normalized spacial score (nSPS) is 20.9. The number of hydrogen-bond donors (Lipinski definition) is 4. The van der Waals surface area contributed by atoms with Crippen LogP contribution in [0, 0.1) is 0 Å². The van der Waals surface area contributed by atoms with Gasteiger partial charge in [-0.05, 0) is 244 Å².